The Morgan fingerprint density at radius 3 is 2.00 bits per heavy atom. The number of halogens is 1. The van der Waals surface area contributed by atoms with Crippen molar-refractivity contribution in [3.8, 4) is 23.0 Å². The summed E-state index contributed by atoms with van der Waals surface area (Å²) in [5.41, 5.74) is 6.86. The molecule has 0 N–H and O–H groups in total. The fourth-order valence-corrected chi connectivity index (χ4v) is 3.14. The van der Waals surface area contributed by atoms with E-state index in [0.717, 1.165) is 36.0 Å². The number of hydrogen-bond donors (Lipinski definition) is 0. The smallest absolute Gasteiger partial charge is 0.0568 e. The zero-order valence-electron chi connectivity index (χ0n) is 15.4. The van der Waals surface area contributed by atoms with E-state index in [2.05, 4.69) is 80.3 Å². The molecule has 26 heavy (non-hydrogen) atoms. The molecule has 0 aliphatic heterocycles. The maximum atomic E-state index is 6.47. The second kappa shape index (κ2) is 8.75. The van der Waals surface area contributed by atoms with E-state index < -0.39 is 0 Å². The molecule has 0 saturated heterocycles. The average molecular weight is 359 g/mol. The molecule has 0 spiro atoms. The largest absolute Gasteiger partial charge is 0.0830 e. The van der Waals surface area contributed by atoms with Gasteiger partial charge in [0.1, 0.15) is 0 Å². The summed E-state index contributed by atoms with van der Waals surface area (Å²) in [5, 5.41) is 0.692. The minimum Gasteiger partial charge on any atom is -0.0830 e. The van der Waals surface area contributed by atoms with Gasteiger partial charge in [0, 0.05) is 11.1 Å². The van der Waals surface area contributed by atoms with Gasteiger partial charge in [-0.2, -0.15) is 0 Å². The van der Waals surface area contributed by atoms with Crippen LogP contribution >= 0.6 is 11.6 Å². The topological polar surface area (TPSA) is 0 Å². The van der Waals surface area contributed by atoms with Gasteiger partial charge in [0.05, 0.1) is 5.02 Å². The molecule has 0 atom stereocenters. The first-order valence-corrected chi connectivity index (χ1v) is 9.57. The summed E-state index contributed by atoms with van der Waals surface area (Å²) in [7, 11) is 0. The third-order valence-electron chi connectivity index (χ3n) is 4.50. The Morgan fingerprint density at radius 1 is 0.731 bits per heavy atom. The van der Waals surface area contributed by atoms with Crippen molar-refractivity contribution >= 4 is 11.6 Å². The van der Waals surface area contributed by atoms with Crippen LogP contribution in [0.5, 0.6) is 0 Å². The van der Waals surface area contributed by atoms with Crippen LogP contribution in [-0.4, -0.2) is 0 Å². The van der Waals surface area contributed by atoms with Gasteiger partial charge in [-0.1, -0.05) is 86.2 Å². The van der Waals surface area contributed by atoms with Gasteiger partial charge in [-0.05, 0) is 59.4 Å². The highest BCUT2D eigenvalue weighted by atomic mass is 35.5. The van der Waals surface area contributed by atoms with Crippen LogP contribution < -0.4 is 0 Å². The molecular weight excluding hydrogens is 336 g/mol. The standard InChI is InChI=1S/C25H23Cl/c1-3-5-20-6-8-21(9-7-20)12-15-23-16-17-24(18-25(23)26)22-13-10-19(4-2)11-14-22/h6-11,13-14,16-18H,3-5H2,1-2H3. The molecule has 0 fully saturated rings. The summed E-state index contributed by atoms with van der Waals surface area (Å²) in [6, 6.07) is 23.2. The first-order chi connectivity index (χ1) is 12.7. The minimum absolute atomic E-state index is 0.692. The fraction of sp³-hybridized carbons (Fsp3) is 0.200. The lowest BCUT2D eigenvalue weighted by Gasteiger charge is -2.05. The molecule has 0 aliphatic rings. The van der Waals surface area contributed by atoms with Gasteiger partial charge in [-0.25, -0.2) is 0 Å². The lowest BCUT2D eigenvalue weighted by molar-refractivity contribution is 0.922. The Balaban J connectivity index is 1.79. The molecule has 130 valence electrons. The Kier molecular flexibility index (Phi) is 6.16. The molecule has 0 saturated carbocycles. The van der Waals surface area contributed by atoms with Crippen molar-refractivity contribution < 1.29 is 0 Å². The van der Waals surface area contributed by atoms with E-state index in [9.17, 15) is 0 Å². The monoisotopic (exact) mass is 358 g/mol. The van der Waals surface area contributed by atoms with Gasteiger partial charge in [0.15, 0.2) is 0 Å². The Bertz CT molecular complexity index is 923. The Labute approximate surface area is 161 Å². The number of rotatable bonds is 4. The normalized spacial score (nSPS) is 10.3. The van der Waals surface area contributed by atoms with Crippen LogP contribution in [-0.2, 0) is 12.8 Å². The Hall–Kier alpha value is -2.49. The van der Waals surface area contributed by atoms with Crippen molar-refractivity contribution in [2.75, 3.05) is 0 Å². The van der Waals surface area contributed by atoms with E-state index in [4.69, 9.17) is 11.6 Å². The van der Waals surface area contributed by atoms with E-state index in [-0.39, 0.29) is 0 Å². The van der Waals surface area contributed by atoms with Crippen molar-refractivity contribution in [1.29, 1.82) is 0 Å². The van der Waals surface area contributed by atoms with Gasteiger partial charge in [0.2, 0.25) is 0 Å². The third-order valence-corrected chi connectivity index (χ3v) is 4.81. The summed E-state index contributed by atoms with van der Waals surface area (Å²) >= 11 is 6.47. The third kappa shape index (κ3) is 4.57. The van der Waals surface area contributed by atoms with Crippen LogP contribution in [0.2, 0.25) is 5.02 Å². The molecular formula is C25H23Cl. The Morgan fingerprint density at radius 2 is 1.38 bits per heavy atom. The zero-order valence-corrected chi connectivity index (χ0v) is 16.1. The summed E-state index contributed by atoms with van der Waals surface area (Å²) in [6.07, 6.45) is 3.32. The first kappa shape index (κ1) is 18.3. The van der Waals surface area contributed by atoms with E-state index in [0.29, 0.717) is 5.02 Å². The molecule has 0 aliphatic carbocycles. The van der Waals surface area contributed by atoms with Gasteiger partial charge >= 0.3 is 0 Å². The van der Waals surface area contributed by atoms with Crippen LogP contribution in [0, 0.1) is 11.8 Å². The fourth-order valence-electron chi connectivity index (χ4n) is 2.91. The molecule has 3 aromatic carbocycles. The lowest BCUT2D eigenvalue weighted by atomic mass is 10.0. The lowest BCUT2D eigenvalue weighted by Crippen LogP contribution is -1.85. The summed E-state index contributed by atoms with van der Waals surface area (Å²) < 4.78 is 0. The van der Waals surface area contributed by atoms with Crippen LogP contribution in [0.3, 0.4) is 0 Å². The maximum Gasteiger partial charge on any atom is 0.0568 e. The molecule has 0 heterocycles. The molecule has 0 unspecified atom stereocenters. The van der Waals surface area contributed by atoms with Crippen LogP contribution in [0.1, 0.15) is 42.5 Å². The maximum absolute atomic E-state index is 6.47. The molecule has 0 bridgehead atoms. The van der Waals surface area contributed by atoms with E-state index in [1.165, 1.54) is 16.7 Å². The predicted molar refractivity (Wildman–Crippen MR) is 113 cm³/mol. The van der Waals surface area contributed by atoms with Gasteiger partial charge in [-0.15, -0.1) is 0 Å². The molecule has 0 aromatic heterocycles. The summed E-state index contributed by atoms with van der Waals surface area (Å²) in [4.78, 5) is 0. The highest BCUT2D eigenvalue weighted by molar-refractivity contribution is 6.32. The summed E-state index contributed by atoms with van der Waals surface area (Å²) in [6.45, 7) is 4.36. The first-order valence-electron chi connectivity index (χ1n) is 9.19. The van der Waals surface area contributed by atoms with Crippen molar-refractivity contribution in [1.82, 2.24) is 0 Å². The highest BCUT2D eigenvalue weighted by Crippen LogP contribution is 2.26. The van der Waals surface area contributed by atoms with Gasteiger partial charge < -0.3 is 0 Å². The van der Waals surface area contributed by atoms with Crippen molar-refractivity contribution in [2.24, 2.45) is 0 Å². The minimum atomic E-state index is 0.692. The highest BCUT2D eigenvalue weighted by Gasteiger charge is 2.02. The molecule has 1 heteroatoms. The predicted octanol–water partition coefficient (Wildman–Crippen LogP) is 6.92. The second-order valence-electron chi connectivity index (χ2n) is 6.44. The molecule has 0 amide bonds. The van der Waals surface area contributed by atoms with Crippen molar-refractivity contribution in [3.63, 3.8) is 0 Å². The van der Waals surface area contributed by atoms with Gasteiger partial charge in [0.25, 0.3) is 0 Å². The number of hydrogen-bond acceptors (Lipinski definition) is 0. The van der Waals surface area contributed by atoms with Crippen LogP contribution in [0.25, 0.3) is 11.1 Å². The molecule has 0 nitrogen and oxygen atoms in total. The zero-order chi connectivity index (χ0) is 18.4. The quantitative estimate of drug-likeness (QED) is 0.444. The second-order valence-corrected chi connectivity index (χ2v) is 6.85. The molecule has 0 radical (unpaired) electrons. The van der Waals surface area contributed by atoms with Crippen LogP contribution in [0.4, 0.5) is 0 Å². The number of aryl methyl sites for hydroxylation is 2. The van der Waals surface area contributed by atoms with Crippen molar-refractivity contribution in [2.45, 2.75) is 33.1 Å². The molecule has 3 rings (SSSR count). The average Bonchev–Trinajstić information content (AvgIpc) is 2.68. The van der Waals surface area contributed by atoms with Gasteiger partial charge in [-0.3, -0.25) is 0 Å². The van der Waals surface area contributed by atoms with E-state index >= 15 is 0 Å². The van der Waals surface area contributed by atoms with E-state index in [1.807, 2.05) is 12.1 Å². The van der Waals surface area contributed by atoms with Crippen molar-refractivity contribution in [3.05, 3.63) is 94.0 Å². The molecule has 3 aromatic rings. The SMILES string of the molecule is CCCc1ccc(C#Cc2ccc(-c3ccc(CC)cc3)cc2Cl)cc1. The summed E-state index contributed by atoms with van der Waals surface area (Å²) in [5.74, 6) is 6.41. The van der Waals surface area contributed by atoms with E-state index in [1.54, 1.807) is 0 Å². The van der Waals surface area contributed by atoms with Crippen LogP contribution in [0.15, 0.2) is 66.7 Å². The number of benzene rings is 3.